The third-order valence-corrected chi connectivity index (χ3v) is 3.89. The van der Waals surface area contributed by atoms with E-state index in [1.165, 1.54) is 23.6 Å². The Hall–Kier alpha value is -1.54. The Balaban J connectivity index is 1.50. The summed E-state index contributed by atoms with van der Waals surface area (Å²) in [5, 5.41) is 6.02. The Labute approximate surface area is 114 Å². The highest BCUT2D eigenvalue weighted by molar-refractivity contribution is 5.83. The van der Waals surface area contributed by atoms with Gasteiger partial charge in [-0.15, -0.1) is 0 Å². The molecule has 0 spiro atoms. The largest absolute Gasteiger partial charge is 0.492 e. The number of ether oxygens (including phenoxy) is 1. The molecule has 0 heterocycles. The van der Waals surface area contributed by atoms with Crippen molar-refractivity contribution in [3.8, 4) is 5.75 Å². The van der Waals surface area contributed by atoms with Crippen LogP contribution in [0.2, 0.25) is 0 Å². The first-order valence-corrected chi connectivity index (χ1v) is 7.18. The van der Waals surface area contributed by atoms with Gasteiger partial charge in [-0.1, -0.05) is 30.3 Å². The standard InChI is InChI=1S/C17H21NO/c1-13(14-6-7-14)18-10-11-19-17-9-8-15-4-2-3-5-16(15)12-17/h2-5,8-9,12-14,18H,6-7,10-11H2,1H3. The highest BCUT2D eigenvalue weighted by Crippen LogP contribution is 2.32. The van der Waals surface area contributed by atoms with Crippen LogP contribution in [0.4, 0.5) is 0 Å². The van der Waals surface area contributed by atoms with Crippen LogP contribution in [-0.2, 0) is 0 Å². The van der Waals surface area contributed by atoms with Crippen LogP contribution < -0.4 is 10.1 Å². The monoisotopic (exact) mass is 255 g/mol. The van der Waals surface area contributed by atoms with Gasteiger partial charge in [0.25, 0.3) is 0 Å². The van der Waals surface area contributed by atoms with Crippen molar-refractivity contribution < 1.29 is 4.74 Å². The van der Waals surface area contributed by atoms with E-state index in [-0.39, 0.29) is 0 Å². The van der Waals surface area contributed by atoms with Gasteiger partial charge >= 0.3 is 0 Å². The molecule has 19 heavy (non-hydrogen) atoms. The molecule has 2 aromatic rings. The number of hydrogen-bond acceptors (Lipinski definition) is 2. The van der Waals surface area contributed by atoms with Crippen molar-refractivity contribution in [1.82, 2.24) is 5.32 Å². The molecule has 1 N–H and O–H groups in total. The first kappa shape index (κ1) is 12.5. The lowest BCUT2D eigenvalue weighted by atomic mass is 10.1. The molecule has 0 aromatic heterocycles. The summed E-state index contributed by atoms with van der Waals surface area (Å²) in [7, 11) is 0. The predicted octanol–water partition coefficient (Wildman–Crippen LogP) is 3.61. The Morgan fingerprint density at radius 3 is 2.74 bits per heavy atom. The molecule has 0 aliphatic heterocycles. The van der Waals surface area contributed by atoms with Crippen LogP contribution in [0.25, 0.3) is 10.8 Å². The Morgan fingerprint density at radius 2 is 1.95 bits per heavy atom. The predicted molar refractivity (Wildman–Crippen MR) is 79.6 cm³/mol. The zero-order chi connectivity index (χ0) is 13.1. The molecular formula is C17H21NO. The number of nitrogens with one attached hydrogen (secondary N) is 1. The molecule has 0 radical (unpaired) electrons. The molecule has 3 rings (SSSR count). The lowest BCUT2D eigenvalue weighted by Crippen LogP contribution is -2.31. The van der Waals surface area contributed by atoms with E-state index >= 15 is 0 Å². The average molecular weight is 255 g/mol. The van der Waals surface area contributed by atoms with E-state index in [0.29, 0.717) is 6.04 Å². The molecule has 1 aliphatic carbocycles. The zero-order valence-corrected chi connectivity index (χ0v) is 11.4. The molecule has 0 saturated heterocycles. The number of hydrogen-bond donors (Lipinski definition) is 1. The summed E-state index contributed by atoms with van der Waals surface area (Å²) in [5.41, 5.74) is 0. The van der Waals surface area contributed by atoms with Crippen molar-refractivity contribution in [2.24, 2.45) is 5.92 Å². The summed E-state index contributed by atoms with van der Waals surface area (Å²) in [6.07, 6.45) is 2.78. The van der Waals surface area contributed by atoms with E-state index < -0.39 is 0 Å². The summed E-state index contributed by atoms with van der Waals surface area (Å²) in [4.78, 5) is 0. The van der Waals surface area contributed by atoms with Crippen LogP contribution in [-0.4, -0.2) is 19.2 Å². The Kier molecular flexibility index (Phi) is 3.69. The highest BCUT2D eigenvalue weighted by atomic mass is 16.5. The maximum absolute atomic E-state index is 5.80. The van der Waals surface area contributed by atoms with Crippen molar-refractivity contribution in [3.05, 3.63) is 42.5 Å². The van der Waals surface area contributed by atoms with Gasteiger partial charge in [0, 0.05) is 12.6 Å². The quantitative estimate of drug-likeness (QED) is 0.796. The molecule has 2 aromatic carbocycles. The van der Waals surface area contributed by atoms with Crippen molar-refractivity contribution in [3.63, 3.8) is 0 Å². The van der Waals surface area contributed by atoms with Crippen LogP contribution in [0.1, 0.15) is 19.8 Å². The van der Waals surface area contributed by atoms with Gasteiger partial charge in [-0.25, -0.2) is 0 Å². The summed E-state index contributed by atoms with van der Waals surface area (Å²) in [5.74, 6) is 1.86. The zero-order valence-electron chi connectivity index (χ0n) is 11.4. The van der Waals surface area contributed by atoms with Gasteiger partial charge in [-0.2, -0.15) is 0 Å². The van der Waals surface area contributed by atoms with Crippen LogP contribution >= 0.6 is 0 Å². The number of benzene rings is 2. The van der Waals surface area contributed by atoms with Crippen molar-refractivity contribution >= 4 is 10.8 Å². The maximum atomic E-state index is 5.80. The van der Waals surface area contributed by atoms with Crippen molar-refractivity contribution in [1.29, 1.82) is 0 Å². The van der Waals surface area contributed by atoms with E-state index in [1.807, 2.05) is 6.07 Å². The minimum atomic E-state index is 0.639. The number of rotatable bonds is 6. The average Bonchev–Trinajstić information content (AvgIpc) is 3.28. The van der Waals surface area contributed by atoms with Crippen LogP contribution in [0.5, 0.6) is 5.75 Å². The Morgan fingerprint density at radius 1 is 1.16 bits per heavy atom. The fourth-order valence-corrected chi connectivity index (χ4v) is 2.48. The molecule has 0 bridgehead atoms. The third-order valence-electron chi connectivity index (χ3n) is 3.89. The fourth-order valence-electron chi connectivity index (χ4n) is 2.48. The molecule has 2 heteroatoms. The van der Waals surface area contributed by atoms with Crippen molar-refractivity contribution in [2.75, 3.05) is 13.2 Å². The van der Waals surface area contributed by atoms with Gasteiger partial charge in [0.15, 0.2) is 0 Å². The molecule has 1 atom stereocenters. The second kappa shape index (κ2) is 5.62. The van der Waals surface area contributed by atoms with Gasteiger partial charge in [0.05, 0.1) is 0 Å². The highest BCUT2D eigenvalue weighted by Gasteiger charge is 2.27. The van der Waals surface area contributed by atoms with Crippen molar-refractivity contribution in [2.45, 2.75) is 25.8 Å². The first-order chi connectivity index (χ1) is 9.33. The van der Waals surface area contributed by atoms with Gasteiger partial charge in [0.1, 0.15) is 12.4 Å². The summed E-state index contributed by atoms with van der Waals surface area (Å²) in [6, 6.07) is 15.3. The second-order valence-electron chi connectivity index (χ2n) is 5.44. The molecule has 1 unspecified atom stereocenters. The Bertz CT molecular complexity index is 548. The fraction of sp³-hybridized carbons (Fsp3) is 0.412. The molecule has 1 fully saturated rings. The van der Waals surface area contributed by atoms with Gasteiger partial charge < -0.3 is 10.1 Å². The minimum Gasteiger partial charge on any atom is -0.492 e. The topological polar surface area (TPSA) is 21.3 Å². The SMILES string of the molecule is CC(NCCOc1ccc2ccccc2c1)C1CC1. The first-order valence-electron chi connectivity index (χ1n) is 7.18. The van der Waals surface area contributed by atoms with Gasteiger partial charge in [-0.3, -0.25) is 0 Å². The number of fused-ring (bicyclic) bond motifs is 1. The van der Waals surface area contributed by atoms with E-state index in [4.69, 9.17) is 4.74 Å². The second-order valence-corrected chi connectivity index (χ2v) is 5.44. The van der Waals surface area contributed by atoms with Gasteiger partial charge in [0.2, 0.25) is 0 Å². The summed E-state index contributed by atoms with van der Waals surface area (Å²) >= 11 is 0. The summed E-state index contributed by atoms with van der Waals surface area (Å²) in [6.45, 7) is 3.92. The maximum Gasteiger partial charge on any atom is 0.120 e. The van der Waals surface area contributed by atoms with Crippen LogP contribution in [0.3, 0.4) is 0 Å². The molecule has 0 amide bonds. The van der Waals surface area contributed by atoms with E-state index in [2.05, 4.69) is 48.6 Å². The lowest BCUT2D eigenvalue weighted by Gasteiger charge is -2.13. The third kappa shape index (κ3) is 3.27. The molecule has 100 valence electrons. The smallest absolute Gasteiger partial charge is 0.120 e. The molecule has 1 saturated carbocycles. The normalized spacial score (nSPS) is 16.5. The van der Waals surface area contributed by atoms with E-state index in [0.717, 1.165) is 24.8 Å². The van der Waals surface area contributed by atoms with E-state index in [1.54, 1.807) is 0 Å². The lowest BCUT2D eigenvalue weighted by molar-refractivity contribution is 0.303. The summed E-state index contributed by atoms with van der Waals surface area (Å²) < 4.78 is 5.80. The minimum absolute atomic E-state index is 0.639. The van der Waals surface area contributed by atoms with E-state index in [9.17, 15) is 0 Å². The molecule has 1 aliphatic rings. The molecule has 2 nitrogen and oxygen atoms in total. The molecular weight excluding hydrogens is 234 g/mol. The van der Waals surface area contributed by atoms with Crippen LogP contribution in [0, 0.1) is 5.92 Å². The van der Waals surface area contributed by atoms with Crippen LogP contribution in [0.15, 0.2) is 42.5 Å². The van der Waals surface area contributed by atoms with Gasteiger partial charge in [-0.05, 0) is 48.6 Å².